The molecular formula is C38H24N2. The van der Waals surface area contributed by atoms with E-state index in [1.165, 1.54) is 32.7 Å². The maximum absolute atomic E-state index is 9.17. The van der Waals surface area contributed by atoms with E-state index >= 15 is 0 Å². The summed E-state index contributed by atoms with van der Waals surface area (Å²) in [6.45, 7) is 0. The standard InChI is InChI=1S/C38H24N2/c39-25-29-13-9-27(10-14-29)17-19-33-23-21-31-5-1-3-7-35(31)37(33)38-34(24-22-32-6-2-4-8-36(32)38)20-18-28-11-15-30(26-40)16-12-28/h1-24H/b19-17-,20-18-. The number of nitriles is 2. The van der Waals surface area contributed by atoms with E-state index in [-0.39, 0.29) is 0 Å². The van der Waals surface area contributed by atoms with Crippen LogP contribution in [0.2, 0.25) is 0 Å². The predicted molar refractivity (Wildman–Crippen MR) is 167 cm³/mol. The van der Waals surface area contributed by atoms with Crippen molar-refractivity contribution in [1.29, 1.82) is 10.5 Å². The number of hydrogen-bond acceptors (Lipinski definition) is 2. The fourth-order valence-electron chi connectivity index (χ4n) is 5.12. The molecule has 0 aromatic heterocycles. The van der Waals surface area contributed by atoms with Crippen LogP contribution in [0.15, 0.2) is 121 Å². The molecule has 0 saturated heterocycles. The molecular weight excluding hydrogens is 484 g/mol. The molecule has 0 aliphatic carbocycles. The van der Waals surface area contributed by atoms with Gasteiger partial charge in [0.25, 0.3) is 0 Å². The van der Waals surface area contributed by atoms with Crippen LogP contribution in [-0.2, 0) is 0 Å². The maximum atomic E-state index is 9.17. The predicted octanol–water partition coefficient (Wildman–Crippen LogP) is 9.74. The Morgan fingerprint density at radius 3 is 1.20 bits per heavy atom. The van der Waals surface area contributed by atoms with Crippen LogP contribution in [0, 0.1) is 22.7 Å². The minimum absolute atomic E-state index is 0.651. The van der Waals surface area contributed by atoms with E-state index in [0.29, 0.717) is 11.1 Å². The number of benzene rings is 6. The smallest absolute Gasteiger partial charge is 0.0991 e. The molecule has 0 aliphatic heterocycles. The van der Waals surface area contributed by atoms with Crippen molar-refractivity contribution >= 4 is 45.8 Å². The molecule has 186 valence electrons. The summed E-state index contributed by atoms with van der Waals surface area (Å²) < 4.78 is 0. The van der Waals surface area contributed by atoms with Crippen molar-refractivity contribution in [3.63, 3.8) is 0 Å². The molecule has 0 fully saturated rings. The van der Waals surface area contributed by atoms with Crippen LogP contribution in [0.4, 0.5) is 0 Å². The topological polar surface area (TPSA) is 47.6 Å². The van der Waals surface area contributed by atoms with E-state index in [1.807, 2.05) is 48.5 Å². The van der Waals surface area contributed by atoms with Crippen LogP contribution in [-0.4, -0.2) is 0 Å². The van der Waals surface area contributed by atoms with Gasteiger partial charge in [-0.1, -0.05) is 121 Å². The van der Waals surface area contributed by atoms with Crippen molar-refractivity contribution in [1.82, 2.24) is 0 Å². The summed E-state index contributed by atoms with van der Waals surface area (Å²) in [6.07, 6.45) is 8.54. The van der Waals surface area contributed by atoms with Crippen molar-refractivity contribution in [2.45, 2.75) is 0 Å². The van der Waals surface area contributed by atoms with Crippen molar-refractivity contribution < 1.29 is 0 Å². The highest BCUT2D eigenvalue weighted by Crippen LogP contribution is 2.40. The third kappa shape index (κ3) is 4.91. The fraction of sp³-hybridized carbons (Fsp3) is 0. The van der Waals surface area contributed by atoms with Gasteiger partial charge in [-0.2, -0.15) is 10.5 Å². The van der Waals surface area contributed by atoms with Crippen LogP contribution in [0.5, 0.6) is 0 Å². The summed E-state index contributed by atoms with van der Waals surface area (Å²) in [7, 11) is 0. The van der Waals surface area contributed by atoms with Gasteiger partial charge >= 0.3 is 0 Å². The summed E-state index contributed by atoms with van der Waals surface area (Å²) in [4.78, 5) is 0. The van der Waals surface area contributed by atoms with E-state index < -0.39 is 0 Å². The monoisotopic (exact) mass is 508 g/mol. The molecule has 0 N–H and O–H groups in total. The van der Waals surface area contributed by atoms with Gasteiger partial charge in [-0.15, -0.1) is 0 Å². The average molecular weight is 509 g/mol. The molecule has 2 heteroatoms. The molecule has 6 aromatic rings. The van der Waals surface area contributed by atoms with Gasteiger partial charge in [-0.05, 0) is 79.2 Å². The van der Waals surface area contributed by atoms with Gasteiger partial charge < -0.3 is 0 Å². The molecule has 6 rings (SSSR count). The Morgan fingerprint density at radius 1 is 0.400 bits per heavy atom. The first-order valence-corrected chi connectivity index (χ1v) is 13.1. The fourth-order valence-corrected chi connectivity index (χ4v) is 5.12. The summed E-state index contributed by atoms with van der Waals surface area (Å²) in [6, 6.07) is 45.4. The molecule has 0 aliphatic rings. The summed E-state index contributed by atoms with van der Waals surface area (Å²) in [5, 5.41) is 23.1. The first-order valence-electron chi connectivity index (χ1n) is 13.1. The minimum atomic E-state index is 0.651. The largest absolute Gasteiger partial charge is 0.192 e. The van der Waals surface area contributed by atoms with Gasteiger partial charge in [-0.3, -0.25) is 0 Å². The minimum Gasteiger partial charge on any atom is -0.192 e. The Balaban J connectivity index is 1.57. The van der Waals surface area contributed by atoms with Crippen molar-refractivity contribution in [2.24, 2.45) is 0 Å². The van der Waals surface area contributed by atoms with Crippen LogP contribution in [0.3, 0.4) is 0 Å². The Labute approximate surface area is 234 Å². The van der Waals surface area contributed by atoms with Crippen molar-refractivity contribution in [2.75, 3.05) is 0 Å². The van der Waals surface area contributed by atoms with E-state index in [0.717, 1.165) is 22.3 Å². The molecule has 0 amide bonds. The number of hydrogen-bond donors (Lipinski definition) is 0. The Bertz CT molecular complexity index is 1850. The molecule has 2 nitrogen and oxygen atoms in total. The van der Waals surface area contributed by atoms with E-state index in [1.54, 1.807) is 0 Å². The molecule has 0 spiro atoms. The maximum Gasteiger partial charge on any atom is 0.0991 e. The lowest BCUT2D eigenvalue weighted by Gasteiger charge is -2.17. The van der Waals surface area contributed by atoms with Crippen LogP contribution < -0.4 is 0 Å². The first kappa shape index (κ1) is 24.6. The molecule has 0 radical (unpaired) electrons. The summed E-state index contributed by atoms with van der Waals surface area (Å²) in [5.41, 5.74) is 7.98. The van der Waals surface area contributed by atoms with Gasteiger partial charge in [0.2, 0.25) is 0 Å². The van der Waals surface area contributed by atoms with Gasteiger partial charge in [-0.25, -0.2) is 0 Å². The summed E-state index contributed by atoms with van der Waals surface area (Å²) >= 11 is 0. The van der Waals surface area contributed by atoms with Gasteiger partial charge in [0, 0.05) is 0 Å². The number of fused-ring (bicyclic) bond motifs is 2. The second kappa shape index (κ2) is 11.0. The van der Waals surface area contributed by atoms with Gasteiger partial charge in [0.1, 0.15) is 0 Å². The molecule has 0 saturated carbocycles. The molecule has 0 heterocycles. The second-order valence-electron chi connectivity index (χ2n) is 9.64. The van der Waals surface area contributed by atoms with Crippen molar-refractivity contribution in [3.05, 3.63) is 155 Å². The highest BCUT2D eigenvalue weighted by Gasteiger charge is 2.15. The van der Waals surface area contributed by atoms with E-state index in [4.69, 9.17) is 10.5 Å². The normalized spacial score (nSPS) is 11.2. The average Bonchev–Trinajstić information content (AvgIpc) is 3.03. The lowest BCUT2D eigenvalue weighted by atomic mass is 9.86. The van der Waals surface area contributed by atoms with Crippen molar-refractivity contribution in [3.8, 4) is 23.3 Å². The van der Waals surface area contributed by atoms with Crippen LogP contribution in [0.1, 0.15) is 33.4 Å². The van der Waals surface area contributed by atoms with Gasteiger partial charge in [0.05, 0.1) is 23.3 Å². The zero-order chi connectivity index (χ0) is 27.3. The highest BCUT2D eigenvalue weighted by molar-refractivity contribution is 6.11. The highest BCUT2D eigenvalue weighted by atomic mass is 14.2. The second-order valence-corrected chi connectivity index (χ2v) is 9.64. The third-order valence-electron chi connectivity index (χ3n) is 7.16. The molecule has 0 bridgehead atoms. The van der Waals surface area contributed by atoms with Gasteiger partial charge in [0.15, 0.2) is 0 Å². The molecule has 6 aromatic carbocycles. The zero-order valence-electron chi connectivity index (χ0n) is 21.8. The lowest BCUT2D eigenvalue weighted by molar-refractivity contribution is 1.48. The Kier molecular flexibility index (Phi) is 6.75. The Morgan fingerprint density at radius 2 is 0.800 bits per heavy atom. The number of nitrogens with zero attached hydrogens (tertiary/aromatic N) is 2. The summed E-state index contributed by atoms with van der Waals surface area (Å²) in [5.74, 6) is 0. The third-order valence-corrected chi connectivity index (χ3v) is 7.16. The quantitative estimate of drug-likeness (QED) is 0.218. The van der Waals surface area contributed by atoms with E-state index in [9.17, 15) is 0 Å². The van der Waals surface area contributed by atoms with E-state index in [2.05, 4.69) is 109 Å². The zero-order valence-corrected chi connectivity index (χ0v) is 21.8. The van der Waals surface area contributed by atoms with Crippen LogP contribution in [0.25, 0.3) is 57.0 Å². The molecule has 0 unspecified atom stereocenters. The molecule has 0 atom stereocenters. The SMILES string of the molecule is N#Cc1ccc(/C=C\c2ccc3ccccc3c2-c2c(/C=C\c3ccc(C#N)cc3)ccc3ccccc23)cc1. The Hall–Kier alpha value is -5.70. The molecule has 40 heavy (non-hydrogen) atoms. The van der Waals surface area contributed by atoms with Crippen LogP contribution >= 0.6 is 0 Å². The first-order chi connectivity index (χ1) is 19.7. The lowest BCUT2D eigenvalue weighted by Crippen LogP contribution is -1.92. The number of rotatable bonds is 5.